The van der Waals surface area contributed by atoms with Crippen molar-refractivity contribution in [2.45, 2.75) is 36.9 Å². The summed E-state index contributed by atoms with van der Waals surface area (Å²) in [6, 6.07) is 1.73. The van der Waals surface area contributed by atoms with Gasteiger partial charge in [0.1, 0.15) is 0 Å². The fourth-order valence-electron chi connectivity index (χ4n) is 3.73. The van der Waals surface area contributed by atoms with Gasteiger partial charge in [0.15, 0.2) is 0 Å². The van der Waals surface area contributed by atoms with Gasteiger partial charge in [-0.3, -0.25) is 4.79 Å². The van der Waals surface area contributed by atoms with Crippen LogP contribution in [0.1, 0.15) is 36.3 Å². The topological polar surface area (TPSA) is 113 Å². The third kappa shape index (κ3) is 2.99. The number of carbonyl (C=O) groups is 1. The van der Waals surface area contributed by atoms with E-state index in [1.165, 1.54) is 4.52 Å². The van der Waals surface area contributed by atoms with Crippen molar-refractivity contribution in [3.8, 4) is 0 Å². The zero-order valence-electron chi connectivity index (χ0n) is 13.8. The Labute approximate surface area is 144 Å². The lowest BCUT2D eigenvalue weighted by Gasteiger charge is -2.48. The number of likely N-dealkylation sites (tertiary alicyclic amines) is 1. The van der Waals surface area contributed by atoms with E-state index < -0.39 is 11.2 Å². The minimum Gasteiger partial charge on any atom is -0.393 e. The summed E-state index contributed by atoms with van der Waals surface area (Å²) in [5.74, 6) is 0.294. The summed E-state index contributed by atoms with van der Waals surface area (Å²) in [6.07, 6.45) is 5.37. The van der Waals surface area contributed by atoms with E-state index in [2.05, 4.69) is 15.1 Å². The lowest BCUT2D eigenvalue weighted by molar-refractivity contribution is -0.186. The molecule has 1 atom stereocenters. The van der Waals surface area contributed by atoms with Gasteiger partial charge in [-0.15, -0.1) is 5.10 Å². The van der Waals surface area contributed by atoms with Crippen LogP contribution in [0, 0.1) is 0 Å². The Bertz CT molecular complexity index is 753. The van der Waals surface area contributed by atoms with Crippen molar-refractivity contribution in [3.05, 3.63) is 24.3 Å². The molecule has 9 nitrogen and oxygen atoms in total. The number of carbonyl (C=O) groups excluding carboxylic acids is 1. The van der Waals surface area contributed by atoms with Crippen molar-refractivity contribution in [3.63, 3.8) is 0 Å². The molecule has 0 aromatic carbocycles. The van der Waals surface area contributed by atoms with Crippen LogP contribution >= 0.6 is 0 Å². The SMILES string of the molecule is O=C(c1nc2ncccn2n1)N1CCC2(CC1)CC(O)(CO)CCO2. The number of rotatable bonds is 2. The smallest absolute Gasteiger partial charge is 0.293 e. The summed E-state index contributed by atoms with van der Waals surface area (Å²) < 4.78 is 7.41. The number of aromatic nitrogens is 4. The molecule has 4 heterocycles. The van der Waals surface area contributed by atoms with E-state index in [-0.39, 0.29) is 18.3 Å². The zero-order valence-corrected chi connectivity index (χ0v) is 13.8. The summed E-state index contributed by atoms with van der Waals surface area (Å²) in [5.41, 5.74) is -1.56. The van der Waals surface area contributed by atoms with Gasteiger partial charge in [0.2, 0.25) is 5.82 Å². The standard InChI is InChI=1S/C16H21N5O4/c22-11-15(24)4-9-25-16(10-15)2-7-20(8-3-16)13(23)12-18-14-17-5-1-6-21(14)19-12/h1,5-6,22,24H,2-4,7-11H2. The number of fused-ring (bicyclic) bond motifs is 1. The van der Waals surface area contributed by atoms with Crippen LogP contribution in [0.4, 0.5) is 0 Å². The van der Waals surface area contributed by atoms with Gasteiger partial charge in [0.05, 0.1) is 24.4 Å². The van der Waals surface area contributed by atoms with Crippen LogP contribution in [-0.4, -0.2) is 78.1 Å². The number of aliphatic hydroxyl groups is 2. The molecular weight excluding hydrogens is 326 g/mol. The average molecular weight is 347 g/mol. The lowest BCUT2D eigenvalue weighted by Crippen LogP contribution is -2.56. The number of piperidine rings is 1. The van der Waals surface area contributed by atoms with Crippen LogP contribution in [0.15, 0.2) is 18.5 Å². The van der Waals surface area contributed by atoms with E-state index in [0.717, 1.165) is 0 Å². The Morgan fingerprint density at radius 3 is 2.84 bits per heavy atom. The molecule has 9 heteroatoms. The maximum atomic E-state index is 12.7. The normalized spacial score (nSPS) is 26.2. The predicted octanol–water partition coefficient (Wildman–Crippen LogP) is -0.367. The van der Waals surface area contributed by atoms with Gasteiger partial charge in [-0.1, -0.05) is 0 Å². The van der Waals surface area contributed by atoms with Gasteiger partial charge in [-0.25, -0.2) is 9.50 Å². The summed E-state index contributed by atoms with van der Waals surface area (Å²) in [7, 11) is 0. The highest BCUT2D eigenvalue weighted by atomic mass is 16.5. The first-order valence-corrected chi connectivity index (χ1v) is 8.47. The number of ether oxygens (including phenoxy) is 1. The van der Waals surface area contributed by atoms with E-state index >= 15 is 0 Å². The Kier molecular flexibility index (Phi) is 3.94. The maximum Gasteiger partial charge on any atom is 0.293 e. The number of hydrogen-bond donors (Lipinski definition) is 2. The molecule has 1 amide bonds. The molecule has 0 bridgehead atoms. The number of amides is 1. The molecule has 25 heavy (non-hydrogen) atoms. The van der Waals surface area contributed by atoms with Gasteiger partial charge >= 0.3 is 0 Å². The largest absolute Gasteiger partial charge is 0.393 e. The van der Waals surface area contributed by atoms with E-state index in [1.54, 1.807) is 23.4 Å². The van der Waals surface area contributed by atoms with Crippen molar-refractivity contribution < 1.29 is 19.7 Å². The zero-order chi connectivity index (χ0) is 17.5. The summed E-state index contributed by atoms with van der Waals surface area (Å²) in [6.45, 7) is 1.16. The maximum absolute atomic E-state index is 12.7. The minimum atomic E-state index is -1.08. The van der Waals surface area contributed by atoms with Gasteiger partial charge in [0, 0.05) is 38.3 Å². The van der Waals surface area contributed by atoms with E-state index in [1.807, 2.05) is 0 Å². The lowest BCUT2D eigenvalue weighted by atomic mass is 9.77. The van der Waals surface area contributed by atoms with Crippen LogP contribution in [0.2, 0.25) is 0 Å². The Morgan fingerprint density at radius 1 is 1.32 bits per heavy atom. The number of nitrogens with zero attached hydrogens (tertiary/aromatic N) is 5. The molecule has 2 saturated heterocycles. The van der Waals surface area contributed by atoms with Crippen molar-refractivity contribution in [1.29, 1.82) is 0 Å². The van der Waals surface area contributed by atoms with Crippen molar-refractivity contribution in [1.82, 2.24) is 24.5 Å². The second kappa shape index (κ2) is 6.01. The van der Waals surface area contributed by atoms with Crippen molar-refractivity contribution in [2.24, 2.45) is 0 Å². The molecular formula is C16H21N5O4. The van der Waals surface area contributed by atoms with E-state index in [0.29, 0.717) is 51.2 Å². The fraction of sp³-hybridized carbons (Fsp3) is 0.625. The number of hydrogen-bond acceptors (Lipinski definition) is 7. The summed E-state index contributed by atoms with van der Waals surface area (Å²) in [4.78, 5) is 22.6. The second-order valence-corrected chi connectivity index (χ2v) is 6.93. The van der Waals surface area contributed by atoms with Gasteiger partial charge < -0.3 is 19.8 Å². The van der Waals surface area contributed by atoms with Gasteiger partial charge in [-0.05, 0) is 18.9 Å². The highest BCUT2D eigenvalue weighted by Gasteiger charge is 2.47. The van der Waals surface area contributed by atoms with Crippen LogP contribution < -0.4 is 0 Å². The van der Waals surface area contributed by atoms with E-state index in [9.17, 15) is 15.0 Å². The van der Waals surface area contributed by atoms with Crippen LogP contribution in [0.25, 0.3) is 5.78 Å². The fourth-order valence-corrected chi connectivity index (χ4v) is 3.73. The van der Waals surface area contributed by atoms with Gasteiger partial charge in [0.25, 0.3) is 11.7 Å². The molecule has 1 unspecified atom stereocenters. The third-order valence-corrected chi connectivity index (χ3v) is 5.19. The highest BCUT2D eigenvalue weighted by molar-refractivity contribution is 5.90. The molecule has 0 aliphatic carbocycles. The van der Waals surface area contributed by atoms with Crippen LogP contribution in [0.3, 0.4) is 0 Å². The molecule has 0 saturated carbocycles. The van der Waals surface area contributed by atoms with Crippen LogP contribution in [0.5, 0.6) is 0 Å². The monoisotopic (exact) mass is 347 g/mol. The molecule has 2 aromatic rings. The first kappa shape index (κ1) is 16.4. The first-order chi connectivity index (χ1) is 12.0. The summed E-state index contributed by atoms with van der Waals surface area (Å²) >= 11 is 0. The van der Waals surface area contributed by atoms with Crippen LogP contribution in [-0.2, 0) is 4.74 Å². The molecule has 134 valence electrons. The average Bonchev–Trinajstić information content (AvgIpc) is 3.06. The number of aliphatic hydroxyl groups excluding tert-OH is 1. The third-order valence-electron chi connectivity index (χ3n) is 5.19. The Morgan fingerprint density at radius 2 is 2.12 bits per heavy atom. The molecule has 1 spiro atoms. The first-order valence-electron chi connectivity index (χ1n) is 8.47. The molecule has 2 N–H and O–H groups in total. The van der Waals surface area contributed by atoms with Crippen molar-refractivity contribution in [2.75, 3.05) is 26.3 Å². The molecule has 2 aliphatic rings. The van der Waals surface area contributed by atoms with Gasteiger partial charge in [-0.2, -0.15) is 4.98 Å². The molecule has 0 radical (unpaired) electrons. The Balaban J connectivity index is 1.45. The molecule has 2 aromatic heterocycles. The second-order valence-electron chi connectivity index (χ2n) is 6.93. The van der Waals surface area contributed by atoms with E-state index in [4.69, 9.17) is 4.74 Å². The summed E-state index contributed by atoms with van der Waals surface area (Å²) in [5, 5.41) is 24.0. The molecule has 2 aliphatic heterocycles. The Hall–Kier alpha value is -2.10. The quantitative estimate of drug-likeness (QED) is 0.762. The predicted molar refractivity (Wildman–Crippen MR) is 85.9 cm³/mol. The minimum absolute atomic E-state index is 0.131. The highest BCUT2D eigenvalue weighted by Crippen LogP contribution is 2.39. The molecule has 2 fully saturated rings. The van der Waals surface area contributed by atoms with Crippen molar-refractivity contribution >= 4 is 11.7 Å². The molecule has 4 rings (SSSR count).